The Labute approximate surface area is 148 Å². The van der Waals surface area contributed by atoms with Gasteiger partial charge in [0.15, 0.2) is 0 Å². The van der Waals surface area contributed by atoms with Gasteiger partial charge in [-0.05, 0) is 24.6 Å². The number of hydrogen-bond donors (Lipinski definition) is 2. The summed E-state index contributed by atoms with van der Waals surface area (Å²) in [5.41, 5.74) is 0.335. The molecule has 1 aromatic rings. The molecule has 4 nitrogen and oxygen atoms in total. The molecule has 2 rings (SSSR count). The van der Waals surface area contributed by atoms with E-state index >= 15 is 0 Å². The number of allylic oxidation sites excluding steroid dienone is 4. The van der Waals surface area contributed by atoms with Gasteiger partial charge in [-0.25, -0.2) is 9.59 Å². The van der Waals surface area contributed by atoms with Gasteiger partial charge in [-0.15, -0.1) is 0 Å². The molecule has 0 aromatic heterocycles. The first-order valence-electron chi connectivity index (χ1n) is 7.63. The summed E-state index contributed by atoms with van der Waals surface area (Å²) in [6, 6.07) is 4.17. The molecule has 0 amide bonds. The van der Waals surface area contributed by atoms with Crippen LogP contribution in [0.3, 0.4) is 0 Å². The quantitative estimate of drug-likeness (QED) is 0.697. The van der Waals surface area contributed by atoms with E-state index in [0.29, 0.717) is 0 Å². The maximum Gasteiger partial charge on any atom is 0.335 e. The minimum atomic E-state index is -1.11. The molecule has 0 saturated heterocycles. The molecule has 0 radical (unpaired) electrons. The predicted molar refractivity (Wildman–Crippen MR) is 86.7 cm³/mol. The number of hydrogen-bond acceptors (Lipinski definition) is 2. The smallest absolute Gasteiger partial charge is 0.335 e. The number of carboxylic acids is 2. The molecule has 5 heteroatoms. The van der Waals surface area contributed by atoms with E-state index in [1.807, 2.05) is 0 Å². The first-order valence-corrected chi connectivity index (χ1v) is 10.6. The van der Waals surface area contributed by atoms with Crippen molar-refractivity contribution in [1.82, 2.24) is 0 Å². The number of benzene rings is 1. The van der Waals surface area contributed by atoms with Gasteiger partial charge < -0.3 is 10.2 Å². The summed E-state index contributed by atoms with van der Waals surface area (Å²) in [6.45, 7) is 3.76. The van der Waals surface area contributed by atoms with Gasteiger partial charge in [-0.3, -0.25) is 0 Å². The van der Waals surface area contributed by atoms with Crippen LogP contribution in [0.2, 0.25) is 4.13 Å². The Morgan fingerprint density at radius 3 is 2.22 bits per heavy atom. The van der Waals surface area contributed by atoms with Crippen molar-refractivity contribution in [3.63, 3.8) is 0 Å². The van der Waals surface area contributed by atoms with Gasteiger partial charge in [-0.1, -0.05) is 6.07 Å². The van der Waals surface area contributed by atoms with Crippen LogP contribution >= 0.6 is 0 Å². The normalized spacial score (nSPS) is 12.2. The zero-order valence-corrected chi connectivity index (χ0v) is 16.0. The Hall–Kier alpha value is -1.48. The molecule has 0 saturated carbocycles. The van der Waals surface area contributed by atoms with Crippen LogP contribution in [0.5, 0.6) is 0 Å². The van der Waals surface area contributed by atoms with Gasteiger partial charge in [0.25, 0.3) is 0 Å². The van der Waals surface area contributed by atoms with Gasteiger partial charge in [0.05, 0.1) is 11.1 Å². The number of carboxylic acid groups (broad SMARTS) is 2. The molecule has 0 atom stereocenters. The molecule has 1 aliphatic rings. The second-order valence-electron chi connectivity index (χ2n) is 5.19. The standard InChI is InChI=1S/C9H8O4.C5H5.C4H9.Zr/c1-5-6(8(10)11)3-2-4-7(5)9(12)13;1-2-4-5-3-1;1-3-4-2;/h2-4H,1H3,(H,10,11)(H,12,13);1-3H,4H2;1,3-4H2,2H3;. The Morgan fingerprint density at radius 1 is 1.17 bits per heavy atom. The third-order valence-electron chi connectivity index (χ3n) is 3.45. The fraction of sp³-hybridized carbons (Fsp3) is 0.333. The number of unbranched alkanes of at least 4 members (excludes halogenated alkanes) is 1. The first-order chi connectivity index (χ1) is 11.0. The van der Waals surface area contributed by atoms with Crippen molar-refractivity contribution in [2.24, 2.45) is 0 Å². The van der Waals surface area contributed by atoms with Crippen LogP contribution in [-0.4, -0.2) is 22.2 Å². The average Bonchev–Trinajstić information content (AvgIpc) is 3.01. The van der Waals surface area contributed by atoms with Gasteiger partial charge >= 0.3 is 87.0 Å². The molecule has 0 spiro atoms. The zero-order valence-electron chi connectivity index (χ0n) is 13.5. The van der Waals surface area contributed by atoms with Crippen LogP contribution in [0.25, 0.3) is 0 Å². The van der Waals surface area contributed by atoms with Crippen molar-refractivity contribution in [1.29, 1.82) is 0 Å². The molecule has 0 unspecified atom stereocenters. The summed E-state index contributed by atoms with van der Waals surface area (Å²) >= 11 is -0.0811. The van der Waals surface area contributed by atoms with E-state index in [1.54, 1.807) is 7.41 Å². The van der Waals surface area contributed by atoms with E-state index in [1.165, 1.54) is 44.4 Å². The molecule has 122 valence electrons. The molecule has 1 aliphatic carbocycles. The Morgan fingerprint density at radius 2 is 1.78 bits per heavy atom. The molecule has 1 aromatic carbocycles. The summed E-state index contributed by atoms with van der Waals surface area (Å²) < 4.78 is 3.34. The van der Waals surface area contributed by atoms with E-state index < -0.39 is 11.9 Å². The molecule has 0 aliphatic heterocycles. The van der Waals surface area contributed by atoms with Crippen molar-refractivity contribution < 1.29 is 43.0 Å². The Kier molecular flexibility index (Phi) is 8.79. The molecule has 0 heterocycles. The van der Waals surface area contributed by atoms with Crippen LogP contribution in [0.4, 0.5) is 0 Å². The van der Waals surface area contributed by atoms with Crippen LogP contribution in [0.15, 0.2) is 39.7 Å². The third kappa shape index (κ3) is 6.66. The van der Waals surface area contributed by atoms with Crippen molar-refractivity contribution in [3.05, 3.63) is 56.4 Å². The summed E-state index contributed by atoms with van der Waals surface area (Å²) in [5, 5.41) is 17.4. The van der Waals surface area contributed by atoms with Crippen molar-refractivity contribution in [2.45, 2.75) is 37.2 Å². The molecule has 23 heavy (non-hydrogen) atoms. The van der Waals surface area contributed by atoms with E-state index in [0.717, 1.165) is 0 Å². The van der Waals surface area contributed by atoms with Gasteiger partial charge in [0.1, 0.15) is 0 Å². The maximum atomic E-state index is 10.6. The Balaban J connectivity index is 0.000000238. The number of aromatic carboxylic acids is 2. The van der Waals surface area contributed by atoms with Crippen molar-refractivity contribution >= 4 is 11.9 Å². The fourth-order valence-electron chi connectivity index (χ4n) is 2.10. The monoisotopic (exact) mass is 392 g/mol. The van der Waals surface area contributed by atoms with Gasteiger partial charge in [0, 0.05) is 0 Å². The average molecular weight is 394 g/mol. The predicted octanol–water partition coefficient (Wildman–Crippen LogP) is 4.52. The van der Waals surface area contributed by atoms with Gasteiger partial charge in [0.2, 0.25) is 0 Å². The van der Waals surface area contributed by atoms with E-state index in [4.69, 9.17) is 10.2 Å². The summed E-state index contributed by atoms with van der Waals surface area (Å²) in [6.07, 6.45) is 11.0. The third-order valence-corrected chi connectivity index (χ3v) is 6.96. The topological polar surface area (TPSA) is 74.6 Å². The molecular formula is C18H22O4Zr. The van der Waals surface area contributed by atoms with Crippen LogP contribution in [-0.2, 0) is 23.2 Å². The molecule has 0 fully saturated rings. The minimum Gasteiger partial charge on any atom is -0.478 e. The zero-order chi connectivity index (χ0) is 17.2. The van der Waals surface area contributed by atoms with E-state index in [2.05, 4.69) is 25.2 Å². The van der Waals surface area contributed by atoms with Crippen LogP contribution in [0, 0.1) is 6.92 Å². The Bertz CT molecular complexity index is 585. The van der Waals surface area contributed by atoms with Gasteiger partial charge in [-0.2, -0.15) is 0 Å². The van der Waals surface area contributed by atoms with Crippen molar-refractivity contribution in [3.8, 4) is 0 Å². The SMILES string of the molecule is CCC[CH2][Zr][C]1=CC=CC1.Cc1c(C(=O)O)cccc1C(=O)O. The summed E-state index contributed by atoms with van der Waals surface area (Å²) in [7, 11) is 0. The second kappa shape index (κ2) is 10.3. The largest absolute Gasteiger partial charge is 0.478 e. The number of rotatable bonds is 6. The summed E-state index contributed by atoms with van der Waals surface area (Å²) in [4.78, 5) is 21.2. The maximum absolute atomic E-state index is 10.6. The second-order valence-corrected chi connectivity index (χ2v) is 8.87. The molecule has 0 bridgehead atoms. The van der Waals surface area contributed by atoms with Crippen LogP contribution in [0.1, 0.15) is 52.5 Å². The van der Waals surface area contributed by atoms with E-state index in [-0.39, 0.29) is 39.9 Å². The fourth-order valence-corrected chi connectivity index (χ4v) is 5.37. The minimum absolute atomic E-state index is 0.0277. The van der Waals surface area contributed by atoms with Crippen LogP contribution < -0.4 is 0 Å². The van der Waals surface area contributed by atoms with E-state index in [9.17, 15) is 9.59 Å². The molecule has 2 N–H and O–H groups in total. The molecular weight excluding hydrogens is 371 g/mol. The first kappa shape index (κ1) is 19.6. The number of carbonyl (C=O) groups is 2. The van der Waals surface area contributed by atoms with Crippen molar-refractivity contribution in [2.75, 3.05) is 0 Å². The summed E-state index contributed by atoms with van der Waals surface area (Å²) in [5.74, 6) is -2.22.